The molecule has 2 heterocycles. The Morgan fingerprint density at radius 2 is 0.786 bits per heavy atom. The van der Waals surface area contributed by atoms with Crippen molar-refractivity contribution < 1.29 is 0 Å². The van der Waals surface area contributed by atoms with E-state index in [0.29, 0.717) is 18.9 Å². The average Bonchev–Trinajstić information content (AvgIpc) is 2.60. The van der Waals surface area contributed by atoms with Gasteiger partial charge in [-0.25, -0.2) is 0 Å². The van der Waals surface area contributed by atoms with Crippen LogP contribution in [-0.4, -0.2) is 29.7 Å². The molecule has 2 rings (SSSR count). The molecular formula is C4Br4N6. The first-order valence-corrected chi connectivity index (χ1v) is 6.32. The van der Waals surface area contributed by atoms with Crippen LogP contribution in [0.4, 0.5) is 0 Å². The van der Waals surface area contributed by atoms with Crippen LogP contribution < -0.4 is 0 Å². The van der Waals surface area contributed by atoms with Crippen molar-refractivity contribution in [3.05, 3.63) is 18.9 Å². The Hall–Kier alpha value is 0.200. The van der Waals surface area contributed by atoms with Gasteiger partial charge in [0, 0.05) is 0 Å². The minimum Gasteiger partial charge on any atom is -0.193 e. The van der Waals surface area contributed by atoms with Crippen LogP contribution in [0, 0.1) is 0 Å². The summed E-state index contributed by atoms with van der Waals surface area (Å²) in [5, 5.41) is 15.3. The molecular weight excluding hydrogens is 452 g/mol. The van der Waals surface area contributed by atoms with E-state index >= 15 is 0 Å². The standard InChI is InChI=1S/C4Br4N6/c5-1-9-10-2(6)13(1)14-3(7)11-12-4(14)8. The third-order valence-corrected chi connectivity index (χ3v) is 3.31. The van der Waals surface area contributed by atoms with Crippen molar-refractivity contribution in [1.82, 2.24) is 29.7 Å². The quantitative estimate of drug-likeness (QED) is 0.667. The molecule has 0 aliphatic rings. The number of aromatic nitrogens is 6. The summed E-state index contributed by atoms with van der Waals surface area (Å²) >= 11 is 13.0. The van der Waals surface area contributed by atoms with E-state index in [1.165, 1.54) is 0 Å². The molecule has 2 aromatic rings. The van der Waals surface area contributed by atoms with Gasteiger partial charge in [-0.3, -0.25) is 0 Å². The van der Waals surface area contributed by atoms with Crippen LogP contribution in [0.1, 0.15) is 0 Å². The Morgan fingerprint density at radius 1 is 0.571 bits per heavy atom. The van der Waals surface area contributed by atoms with Crippen molar-refractivity contribution in [2.75, 3.05) is 0 Å². The van der Waals surface area contributed by atoms with Crippen molar-refractivity contribution in [2.24, 2.45) is 0 Å². The largest absolute Gasteiger partial charge is 0.220 e. The predicted molar refractivity (Wildman–Crippen MR) is 61.6 cm³/mol. The second kappa shape index (κ2) is 3.99. The molecule has 0 saturated heterocycles. The van der Waals surface area contributed by atoms with Crippen molar-refractivity contribution in [3.8, 4) is 0 Å². The van der Waals surface area contributed by atoms with E-state index < -0.39 is 0 Å². The summed E-state index contributed by atoms with van der Waals surface area (Å²) < 4.78 is 5.40. The normalized spacial score (nSPS) is 10.9. The Morgan fingerprint density at radius 3 is 1.00 bits per heavy atom. The van der Waals surface area contributed by atoms with Gasteiger partial charge in [-0.15, -0.1) is 20.4 Å². The molecule has 6 nitrogen and oxygen atoms in total. The second-order valence-corrected chi connectivity index (χ2v) is 4.94. The van der Waals surface area contributed by atoms with Crippen LogP contribution in [0.2, 0.25) is 0 Å². The summed E-state index contributed by atoms with van der Waals surface area (Å²) in [5.74, 6) is 0. The van der Waals surface area contributed by atoms with Gasteiger partial charge in [-0.05, 0) is 63.7 Å². The molecule has 0 aromatic carbocycles. The first-order chi connectivity index (χ1) is 6.61. The minimum absolute atomic E-state index is 0.533. The third-order valence-electron chi connectivity index (χ3n) is 1.33. The van der Waals surface area contributed by atoms with Crippen molar-refractivity contribution in [2.45, 2.75) is 0 Å². The highest BCUT2D eigenvalue weighted by molar-refractivity contribution is 9.11. The van der Waals surface area contributed by atoms with E-state index in [0.717, 1.165) is 0 Å². The van der Waals surface area contributed by atoms with Gasteiger partial charge in [-0.2, -0.15) is 9.35 Å². The predicted octanol–water partition coefficient (Wildman–Crippen LogP) is 2.23. The zero-order chi connectivity index (χ0) is 10.3. The number of hydrogen-bond donors (Lipinski definition) is 0. The van der Waals surface area contributed by atoms with Gasteiger partial charge in [0.2, 0.25) is 18.9 Å². The molecule has 0 aliphatic carbocycles. The fraction of sp³-hybridized carbons (Fsp3) is 0. The summed E-state index contributed by atoms with van der Waals surface area (Å²) in [5.41, 5.74) is 0. The lowest BCUT2D eigenvalue weighted by molar-refractivity contribution is 0.595. The van der Waals surface area contributed by atoms with Gasteiger partial charge in [-0.1, -0.05) is 0 Å². The monoisotopic (exact) mass is 448 g/mol. The van der Waals surface area contributed by atoms with Crippen LogP contribution in [0.3, 0.4) is 0 Å². The Kier molecular flexibility index (Phi) is 3.05. The van der Waals surface area contributed by atoms with Crippen molar-refractivity contribution in [1.29, 1.82) is 0 Å². The molecule has 0 aliphatic heterocycles. The van der Waals surface area contributed by atoms with Gasteiger partial charge >= 0.3 is 0 Å². The molecule has 10 heteroatoms. The van der Waals surface area contributed by atoms with E-state index in [1.807, 2.05) is 0 Å². The molecule has 0 unspecified atom stereocenters. The average molecular weight is 452 g/mol. The van der Waals surface area contributed by atoms with Crippen LogP contribution in [0.25, 0.3) is 0 Å². The fourth-order valence-corrected chi connectivity index (χ4v) is 2.92. The number of nitrogens with zero attached hydrogens (tertiary/aromatic N) is 6. The van der Waals surface area contributed by atoms with Gasteiger partial charge in [0.15, 0.2) is 0 Å². The van der Waals surface area contributed by atoms with Crippen LogP contribution in [-0.2, 0) is 0 Å². The second-order valence-electron chi connectivity index (χ2n) is 2.10. The smallest absolute Gasteiger partial charge is 0.193 e. The lowest BCUT2D eigenvalue weighted by atomic mass is 11.1. The molecule has 74 valence electrons. The van der Waals surface area contributed by atoms with E-state index in [-0.39, 0.29) is 0 Å². The van der Waals surface area contributed by atoms with E-state index in [1.54, 1.807) is 9.35 Å². The highest BCUT2D eigenvalue weighted by Gasteiger charge is 2.15. The Bertz CT molecular complexity index is 391. The van der Waals surface area contributed by atoms with Crippen LogP contribution in [0.5, 0.6) is 0 Å². The third kappa shape index (κ3) is 1.68. The summed E-state index contributed by atoms with van der Waals surface area (Å²) in [4.78, 5) is 0. The molecule has 2 aromatic heterocycles. The molecule has 0 amide bonds. The maximum absolute atomic E-state index is 3.82. The maximum atomic E-state index is 3.82. The van der Waals surface area contributed by atoms with Gasteiger partial charge in [0.25, 0.3) is 0 Å². The zero-order valence-electron chi connectivity index (χ0n) is 6.20. The summed E-state index contributed by atoms with van der Waals surface area (Å²) in [6.45, 7) is 0. The highest BCUT2D eigenvalue weighted by atomic mass is 79.9. The van der Waals surface area contributed by atoms with Gasteiger partial charge in [0.1, 0.15) is 0 Å². The van der Waals surface area contributed by atoms with E-state index in [2.05, 4.69) is 84.1 Å². The van der Waals surface area contributed by atoms with Gasteiger partial charge in [0.05, 0.1) is 0 Å². The SMILES string of the molecule is Brc1nnc(Br)n1-n1c(Br)nnc1Br. The van der Waals surface area contributed by atoms with Crippen LogP contribution >= 0.6 is 63.7 Å². The topological polar surface area (TPSA) is 61.4 Å². The summed E-state index contributed by atoms with van der Waals surface area (Å²) in [7, 11) is 0. The molecule has 0 atom stereocenters. The molecule has 0 saturated carbocycles. The Balaban J connectivity index is 2.71. The Labute approximate surface area is 112 Å². The maximum Gasteiger partial charge on any atom is 0.220 e. The molecule has 0 radical (unpaired) electrons. The van der Waals surface area contributed by atoms with E-state index in [4.69, 9.17) is 0 Å². The first kappa shape index (κ1) is 10.7. The number of halogens is 4. The number of rotatable bonds is 1. The minimum atomic E-state index is 0.533. The fourth-order valence-electron chi connectivity index (χ4n) is 0.817. The zero-order valence-corrected chi connectivity index (χ0v) is 12.5. The molecule has 0 bridgehead atoms. The van der Waals surface area contributed by atoms with E-state index in [9.17, 15) is 0 Å². The molecule has 14 heavy (non-hydrogen) atoms. The number of hydrogen-bond acceptors (Lipinski definition) is 4. The van der Waals surface area contributed by atoms with Crippen molar-refractivity contribution in [3.63, 3.8) is 0 Å². The lowest BCUT2D eigenvalue weighted by Gasteiger charge is -2.05. The van der Waals surface area contributed by atoms with Gasteiger partial charge < -0.3 is 0 Å². The lowest BCUT2D eigenvalue weighted by Crippen LogP contribution is -2.10. The highest BCUT2D eigenvalue weighted by Crippen LogP contribution is 2.21. The summed E-state index contributed by atoms with van der Waals surface area (Å²) in [6, 6.07) is 0. The van der Waals surface area contributed by atoms with Crippen molar-refractivity contribution >= 4 is 63.7 Å². The molecule has 0 spiro atoms. The summed E-state index contributed by atoms with van der Waals surface area (Å²) in [6.07, 6.45) is 0. The molecule has 0 fully saturated rings. The van der Waals surface area contributed by atoms with Crippen LogP contribution in [0.15, 0.2) is 18.9 Å². The molecule has 0 N–H and O–H groups in total. The first-order valence-electron chi connectivity index (χ1n) is 3.14.